The molecule has 0 saturated carbocycles. The molecule has 0 N–H and O–H groups in total. The highest BCUT2D eigenvalue weighted by atomic mass is 16.5. The van der Waals surface area contributed by atoms with Gasteiger partial charge in [0.05, 0.1) is 20.3 Å². The number of carbonyl (C=O) groups is 1. The number of likely N-dealkylation sites (tertiary alicyclic amines) is 1. The third kappa shape index (κ3) is 3.91. The van der Waals surface area contributed by atoms with Crippen molar-refractivity contribution in [2.45, 2.75) is 39.0 Å². The Labute approximate surface area is 140 Å². The summed E-state index contributed by atoms with van der Waals surface area (Å²) in [6.45, 7) is 3.43. The van der Waals surface area contributed by atoms with Crippen LogP contribution >= 0.6 is 0 Å². The highest BCUT2D eigenvalue weighted by molar-refractivity contribution is 5.77. The molecule has 1 fully saturated rings. The minimum absolute atomic E-state index is 0.142. The number of rotatable bonds is 7. The number of carbonyl (C=O) groups excluding carboxylic acids is 1. The number of nitrogens with zero attached hydrogens (tertiary/aromatic N) is 3. The van der Waals surface area contributed by atoms with Gasteiger partial charge in [0, 0.05) is 13.0 Å². The van der Waals surface area contributed by atoms with E-state index in [9.17, 15) is 4.79 Å². The van der Waals surface area contributed by atoms with Gasteiger partial charge in [-0.15, -0.1) is 0 Å². The Morgan fingerprint density at radius 1 is 1.42 bits per heavy atom. The summed E-state index contributed by atoms with van der Waals surface area (Å²) in [6.07, 6.45) is 1.17. The molecule has 0 radical (unpaired) electrons. The molecule has 1 saturated heterocycles. The topological polar surface area (TPSA) is 77.7 Å². The maximum atomic E-state index is 11.6. The fourth-order valence-corrected chi connectivity index (χ4v) is 2.59. The molecule has 7 heteroatoms. The van der Waals surface area contributed by atoms with Gasteiger partial charge in [-0.25, -0.2) is 0 Å². The van der Waals surface area contributed by atoms with Crippen molar-refractivity contribution >= 4 is 5.91 Å². The second kappa shape index (κ2) is 7.44. The first-order valence-electron chi connectivity index (χ1n) is 8.00. The van der Waals surface area contributed by atoms with Crippen LogP contribution in [0, 0.1) is 0 Å². The summed E-state index contributed by atoms with van der Waals surface area (Å²) in [5.41, 5.74) is 1.00. The lowest BCUT2D eigenvalue weighted by Crippen LogP contribution is -2.24. The molecule has 3 rings (SSSR count). The summed E-state index contributed by atoms with van der Waals surface area (Å²) >= 11 is 0. The molecule has 128 valence electrons. The van der Waals surface area contributed by atoms with Crippen LogP contribution in [0.4, 0.5) is 0 Å². The first-order valence-corrected chi connectivity index (χ1v) is 8.00. The quantitative estimate of drug-likeness (QED) is 0.775. The van der Waals surface area contributed by atoms with Crippen LogP contribution in [0.1, 0.15) is 43.1 Å². The largest absolute Gasteiger partial charge is 0.497 e. The van der Waals surface area contributed by atoms with E-state index in [1.807, 2.05) is 31.2 Å². The molecule has 1 aromatic heterocycles. The summed E-state index contributed by atoms with van der Waals surface area (Å²) in [4.78, 5) is 17.7. The van der Waals surface area contributed by atoms with Gasteiger partial charge in [-0.05, 0) is 31.0 Å². The van der Waals surface area contributed by atoms with E-state index in [4.69, 9.17) is 14.0 Å². The lowest BCUT2D eigenvalue weighted by atomic mass is 10.2. The van der Waals surface area contributed by atoms with Crippen LogP contribution in [0.5, 0.6) is 5.75 Å². The zero-order valence-electron chi connectivity index (χ0n) is 13.9. The fraction of sp³-hybridized carbons (Fsp3) is 0.471. The highest BCUT2D eigenvalue weighted by Gasteiger charge is 2.23. The van der Waals surface area contributed by atoms with Crippen molar-refractivity contribution in [1.29, 1.82) is 0 Å². The van der Waals surface area contributed by atoms with Crippen LogP contribution in [0.25, 0.3) is 0 Å². The molecule has 1 amide bonds. The molecule has 2 aromatic rings. The molecule has 0 spiro atoms. The van der Waals surface area contributed by atoms with Gasteiger partial charge < -0.3 is 18.9 Å². The molecule has 0 aliphatic carbocycles. The second-order valence-electron chi connectivity index (χ2n) is 5.77. The molecule has 1 aromatic carbocycles. The summed E-state index contributed by atoms with van der Waals surface area (Å²) in [5.74, 6) is 1.86. The third-order valence-corrected chi connectivity index (χ3v) is 3.97. The zero-order valence-corrected chi connectivity index (χ0v) is 13.9. The SMILES string of the molecule is COc1cccc(COC(C)c2nc(CN3CCCC3=O)no2)c1. The Morgan fingerprint density at radius 3 is 3.04 bits per heavy atom. The van der Waals surface area contributed by atoms with E-state index in [-0.39, 0.29) is 12.0 Å². The van der Waals surface area contributed by atoms with Gasteiger partial charge in [0.25, 0.3) is 5.89 Å². The van der Waals surface area contributed by atoms with Crippen LogP contribution in [-0.2, 0) is 22.7 Å². The van der Waals surface area contributed by atoms with Gasteiger partial charge >= 0.3 is 0 Å². The molecular formula is C17H21N3O4. The molecular weight excluding hydrogens is 310 g/mol. The maximum absolute atomic E-state index is 11.6. The Morgan fingerprint density at radius 2 is 2.29 bits per heavy atom. The predicted molar refractivity (Wildman–Crippen MR) is 85.1 cm³/mol. The van der Waals surface area contributed by atoms with Gasteiger partial charge in [0.2, 0.25) is 5.91 Å². The van der Waals surface area contributed by atoms with Gasteiger partial charge in [0.1, 0.15) is 11.9 Å². The van der Waals surface area contributed by atoms with Crippen molar-refractivity contribution in [3.8, 4) is 5.75 Å². The number of hydrogen-bond acceptors (Lipinski definition) is 6. The average Bonchev–Trinajstić information content (AvgIpc) is 3.23. The summed E-state index contributed by atoms with van der Waals surface area (Å²) in [5, 5.41) is 3.94. The lowest BCUT2D eigenvalue weighted by molar-refractivity contribution is -0.128. The molecule has 1 aliphatic heterocycles. The van der Waals surface area contributed by atoms with Gasteiger partial charge in [0.15, 0.2) is 5.82 Å². The van der Waals surface area contributed by atoms with E-state index < -0.39 is 0 Å². The standard InChI is InChI=1S/C17H21N3O4/c1-12(23-11-13-5-3-6-14(9-13)22-2)17-18-15(19-24-17)10-20-8-4-7-16(20)21/h3,5-6,9,12H,4,7-8,10-11H2,1-2H3. The van der Waals surface area contributed by atoms with E-state index in [1.165, 1.54) is 0 Å². The summed E-state index contributed by atoms with van der Waals surface area (Å²) in [6, 6.07) is 7.69. The third-order valence-electron chi connectivity index (χ3n) is 3.97. The molecule has 2 heterocycles. The van der Waals surface area contributed by atoms with E-state index in [1.54, 1.807) is 12.0 Å². The van der Waals surface area contributed by atoms with E-state index >= 15 is 0 Å². The van der Waals surface area contributed by atoms with Crippen molar-refractivity contribution in [1.82, 2.24) is 15.0 Å². The molecule has 24 heavy (non-hydrogen) atoms. The van der Waals surface area contributed by atoms with E-state index in [2.05, 4.69) is 10.1 Å². The molecule has 7 nitrogen and oxygen atoms in total. The normalized spacial score (nSPS) is 15.8. The number of benzene rings is 1. The van der Waals surface area contributed by atoms with Gasteiger partial charge in [-0.1, -0.05) is 17.3 Å². The average molecular weight is 331 g/mol. The van der Waals surface area contributed by atoms with Gasteiger partial charge in [-0.2, -0.15) is 4.98 Å². The number of methoxy groups -OCH3 is 1. The van der Waals surface area contributed by atoms with Crippen LogP contribution in [-0.4, -0.2) is 34.6 Å². The summed E-state index contributed by atoms with van der Waals surface area (Å²) in [7, 11) is 1.63. The van der Waals surface area contributed by atoms with Crippen molar-refractivity contribution in [3.05, 3.63) is 41.5 Å². The van der Waals surface area contributed by atoms with Crippen LogP contribution in [0.15, 0.2) is 28.8 Å². The van der Waals surface area contributed by atoms with Crippen LogP contribution < -0.4 is 4.74 Å². The number of hydrogen-bond donors (Lipinski definition) is 0. The van der Waals surface area contributed by atoms with Crippen LogP contribution in [0.2, 0.25) is 0 Å². The number of ether oxygens (including phenoxy) is 2. The first-order chi connectivity index (χ1) is 11.7. The number of aromatic nitrogens is 2. The molecule has 1 aliphatic rings. The smallest absolute Gasteiger partial charge is 0.255 e. The van der Waals surface area contributed by atoms with E-state index in [0.717, 1.165) is 24.3 Å². The van der Waals surface area contributed by atoms with Crippen molar-refractivity contribution in [2.75, 3.05) is 13.7 Å². The number of amides is 1. The minimum atomic E-state index is -0.327. The lowest BCUT2D eigenvalue weighted by Gasteiger charge is -2.12. The monoisotopic (exact) mass is 331 g/mol. The first kappa shape index (κ1) is 16.4. The molecule has 1 atom stereocenters. The van der Waals surface area contributed by atoms with Crippen molar-refractivity contribution in [3.63, 3.8) is 0 Å². The predicted octanol–water partition coefficient (Wildman–Crippen LogP) is 2.48. The maximum Gasteiger partial charge on any atom is 0.255 e. The fourth-order valence-electron chi connectivity index (χ4n) is 2.59. The Kier molecular flexibility index (Phi) is 5.10. The Hall–Kier alpha value is -2.41. The van der Waals surface area contributed by atoms with E-state index in [0.29, 0.717) is 31.3 Å². The van der Waals surface area contributed by atoms with Crippen molar-refractivity contribution in [2.24, 2.45) is 0 Å². The highest BCUT2D eigenvalue weighted by Crippen LogP contribution is 2.20. The Bertz CT molecular complexity index is 701. The molecule has 0 bridgehead atoms. The summed E-state index contributed by atoms with van der Waals surface area (Å²) < 4.78 is 16.2. The van der Waals surface area contributed by atoms with Gasteiger partial charge in [-0.3, -0.25) is 4.79 Å². The van der Waals surface area contributed by atoms with Crippen LogP contribution in [0.3, 0.4) is 0 Å². The second-order valence-corrected chi connectivity index (χ2v) is 5.77. The molecule has 1 unspecified atom stereocenters. The minimum Gasteiger partial charge on any atom is -0.497 e. The van der Waals surface area contributed by atoms with Crippen molar-refractivity contribution < 1.29 is 18.8 Å². The Balaban J connectivity index is 1.55. The zero-order chi connectivity index (χ0) is 16.9.